The Morgan fingerprint density at radius 3 is 2.67 bits per heavy atom. The summed E-state index contributed by atoms with van der Waals surface area (Å²) in [7, 11) is 0. The summed E-state index contributed by atoms with van der Waals surface area (Å²) in [5.41, 5.74) is 0.0143. The number of nitrogens with zero attached hydrogens (tertiary/aromatic N) is 1. The second-order valence-electron chi connectivity index (χ2n) is 3.69. The van der Waals surface area contributed by atoms with E-state index in [1.165, 1.54) is 24.3 Å². The van der Waals surface area contributed by atoms with E-state index in [9.17, 15) is 14.9 Å². The largest absolute Gasteiger partial charge is 0.508 e. The minimum Gasteiger partial charge on any atom is -0.493 e. The first-order chi connectivity index (χ1) is 8.65. The zero-order valence-corrected chi connectivity index (χ0v) is 9.40. The molecule has 1 saturated heterocycles. The van der Waals surface area contributed by atoms with Crippen molar-refractivity contribution in [3.63, 3.8) is 0 Å². The van der Waals surface area contributed by atoms with Crippen molar-refractivity contribution in [2.45, 2.75) is 12.5 Å². The molecule has 0 unspecified atom stereocenters. The minimum absolute atomic E-state index is 0.0143. The molecule has 1 heterocycles. The van der Waals surface area contributed by atoms with Gasteiger partial charge in [0.05, 0.1) is 11.5 Å². The third-order valence-electron chi connectivity index (χ3n) is 2.41. The lowest BCUT2D eigenvalue weighted by atomic mass is 10.3. The molecule has 1 fully saturated rings. The van der Waals surface area contributed by atoms with E-state index in [2.05, 4.69) is 4.74 Å². The van der Waals surface area contributed by atoms with Crippen LogP contribution in [0.4, 0.5) is 10.5 Å². The van der Waals surface area contributed by atoms with Crippen LogP contribution in [0.5, 0.6) is 5.75 Å². The van der Waals surface area contributed by atoms with Gasteiger partial charge in [-0.3, -0.25) is 10.1 Å². The van der Waals surface area contributed by atoms with Crippen LogP contribution in [0.3, 0.4) is 0 Å². The Morgan fingerprint density at radius 1 is 1.39 bits per heavy atom. The molecule has 7 heteroatoms. The zero-order chi connectivity index (χ0) is 13.0. The molecule has 2 rings (SSSR count). The van der Waals surface area contributed by atoms with Gasteiger partial charge in [-0.15, -0.1) is 0 Å². The van der Waals surface area contributed by atoms with Crippen molar-refractivity contribution in [1.82, 2.24) is 0 Å². The second kappa shape index (κ2) is 5.35. The Kier molecular flexibility index (Phi) is 3.61. The summed E-state index contributed by atoms with van der Waals surface area (Å²) >= 11 is 0. The van der Waals surface area contributed by atoms with E-state index in [0.717, 1.165) is 0 Å². The van der Waals surface area contributed by atoms with Crippen molar-refractivity contribution in [2.75, 3.05) is 13.2 Å². The van der Waals surface area contributed by atoms with Gasteiger partial charge in [-0.2, -0.15) is 0 Å². The third kappa shape index (κ3) is 3.09. The number of hydrogen-bond donors (Lipinski definition) is 0. The van der Waals surface area contributed by atoms with Crippen molar-refractivity contribution >= 4 is 11.8 Å². The molecule has 1 aromatic rings. The number of benzene rings is 1. The van der Waals surface area contributed by atoms with Crippen LogP contribution < -0.4 is 4.74 Å². The van der Waals surface area contributed by atoms with Crippen molar-refractivity contribution in [3.05, 3.63) is 34.4 Å². The molecule has 1 atom stereocenters. The van der Waals surface area contributed by atoms with E-state index in [-0.39, 0.29) is 18.4 Å². The fourth-order valence-corrected chi connectivity index (χ4v) is 1.48. The monoisotopic (exact) mass is 253 g/mol. The Labute approximate surface area is 102 Å². The van der Waals surface area contributed by atoms with Crippen LogP contribution in [0, 0.1) is 10.1 Å². The fourth-order valence-electron chi connectivity index (χ4n) is 1.48. The lowest BCUT2D eigenvalue weighted by Gasteiger charge is -2.08. The maximum absolute atomic E-state index is 10.6. The highest BCUT2D eigenvalue weighted by Crippen LogP contribution is 2.18. The average molecular weight is 253 g/mol. The van der Waals surface area contributed by atoms with E-state index in [1.54, 1.807) is 0 Å². The van der Waals surface area contributed by atoms with Gasteiger partial charge in [-0.25, -0.2) is 4.79 Å². The van der Waals surface area contributed by atoms with Crippen molar-refractivity contribution < 1.29 is 23.9 Å². The van der Waals surface area contributed by atoms with Crippen LogP contribution in [0.2, 0.25) is 0 Å². The quantitative estimate of drug-likeness (QED) is 0.452. The summed E-state index contributed by atoms with van der Waals surface area (Å²) in [5.74, 6) is 0.533. The lowest BCUT2D eigenvalue weighted by Crippen LogP contribution is -2.14. The lowest BCUT2D eigenvalue weighted by molar-refractivity contribution is -0.384. The molecule has 1 aromatic carbocycles. The van der Waals surface area contributed by atoms with Crippen molar-refractivity contribution in [1.29, 1.82) is 0 Å². The predicted molar refractivity (Wildman–Crippen MR) is 59.4 cm³/mol. The van der Waals surface area contributed by atoms with E-state index in [0.29, 0.717) is 18.8 Å². The molecule has 0 amide bonds. The highest BCUT2D eigenvalue weighted by atomic mass is 16.8. The molecule has 7 nitrogen and oxygen atoms in total. The molecule has 18 heavy (non-hydrogen) atoms. The Bertz CT molecular complexity index is 443. The van der Waals surface area contributed by atoms with Gasteiger partial charge < -0.3 is 14.2 Å². The molecule has 0 aliphatic carbocycles. The maximum Gasteiger partial charge on any atom is 0.508 e. The van der Waals surface area contributed by atoms with Crippen LogP contribution in [0.1, 0.15) is 6.42 Å². The first kappa shape index (κ1) is 12.2. The molecular formula is C11H11NO6. The number of non-ortho nitro benzene ring substituents is 1. The maximum atomic E-state index is 10.6. The van der Waals surface area contributed by atoms with Crippen LogP contribution in [-0.4, -0.2) is 30.4 Å². The zero-order valence-electron chi connectivity index (χ0n) is 9.40. The van der Waals surface area contributed by atoms with Crippen molar-refractivity contribution in [3.8, 4) is 5.75 Å². The van der Waals surface area contributed by atoms with Crippen LogP contribution in [-0.2, 0) is 9.47 Å². The van der Waals surface area contributed by atoms with Gasteiger partial charge >= 0.3 is 6.16 Å². The Balaban J connectivity index is 1.76. The highest BCUT2D eigenvalue weighted by Gasteiger charge is 2.24. The Hall–Kier alpha value is -2.31. The standard InChI is InChI=1S/C11H11NO6/c13-11-17-7-10(18-11)5-6-16-9-3-1-8(2-4-9)12(14)15/h1-4,10H,5-7H2/t10-/m0/s1. The highest BCUT2D eigenvalue weighted by molar-refractivity contribution is 5.61. The number of hydrogen-bond acceptors (Lipinski definition) is 6. The van der Waals surface area contributed by atoms with Gasteiger partial charge in [0.1, 0.15) is 18.5 Å². The summed E-state index contributed by atoms with van der Waals surface area (Å²) < 4.78 is 14.8. The smallest absolute Gasteiger partial charge is 0.493 e. The van der Waals surface area contributed by atoms with Gasteiger partial charge in [0.25, 0.3) is 5.69 Å². The van der Waals surface area contributed by atoms with Gasteiger partial charge in [0, 0.05) is 18.6 Å². The predicted octanol–water partition coefficient (Wildman–Crippen LogP) is 1.90. The number of carbonyl (C=O) groups is 1. The fraction of sp³-hybridized carbons (Fsp3) is 0.364. The number of nitro benzene ring substituents is 1. The first-order valence-corrected chi connectivity index (χ1v) is 5.36. The summed E-state index contributed by atoms with van der Waals surface area (Å²) in [6, 6.07) is 5.78. The number of nitro groups is 1. The summed E-state index contributed by atoms with van der Waals surface area (Å²) in [6.07, 6.45) is -0.422. The molecule has 0 aromatic heterocycles. The van der Waals surface area contributed by atoms with E-state index >= 15 is 0 Å². The van der Waals surface area contributed by atoms with Crippen LogP contribution in [0.25, 0.3) is 0 Å². The Morgan fingerprint density at radius 2 is 2.11 bits per heavy atom. The van der Waals surface area contributed by atoms with Crippen LogP contribution >= 0.6 is 0 Å². The average Bonchev–Trinajstić information content (AvgIpc) is 2.76. The number of cyclic esters (lactones) is 2. The summed E-state index contributed by atoms with van der Waals surface area (Å²) in [4.78, 5) is 20.6. The molecule has 1 aliphatic heterocycles. The number of ether oxygens (including phenoxy) is 3. The van der Waals surface area contributed by atoms with Crippen LogP contribution in [0.15, 0.2) is 24.3 Å². The molecule has 1 aliphatic rings. The van der Waals surface area contributed by atoms with E-state index < -0.39 is 11.1 Å². The molecule has 0 saturated carbocycles. The molecule has 0 radical (unpaired) electrons. The number of carbonyl (C=O) groups excluding carboxylic acids is 1. The third-order valence-corrected chi connectivity index (χ3v) is 2.41. The molecule has 96 valence electrons. The van der Waals surface area contributed by atoms with Crippen molar-refractivity contribution in [2.24, 2.45) is 0 Å². The molecule has 0 N–H and O–H groups in total. The normalized spacial score (nSPS) is 18.0. The number of rotatable bonds is 5. The summed E-state index contributed by atoms with van der Waals surface area (Å²) in [5, 5.41) is 10.4. The first-order valence-electron chi connectivity index (χ1n) is 5.36. The molecule has 0 spiro atoms. The second-order valence-corrected chi connectivity index (χ2v) is 3.69. The van der Waals surface area contributed by atoms with Gasteiger partial charge in [0.2, 0.25) is 0 Å². The topological polar surface area (TPSA) is 87.9 Å². The molecular weight excluding hydrogens is 242 g/mol. The SMILES string of the molecule is O=C1OC[C@H](CCOc2ccc([N+](=O)[O-])cc2)O1. The van der Waals surface area contributed by atoms with Gasteiger partial charge in [-0.1, -0.05) is 0 Å². The van der Waals surface area contributed by atoms with Gasteiger partial charge in [-0.05, 0) is 12.1 Å². The van der Waals surface area contributed by atoms with E-state index in [1.807, 2.05) is 0 Å². The van der Waals surface area contributed by atoms with E-state index in [4.69, 9.17) is 9.47 Å². The van der Waals surface area contributed by atoms with Gasteiger partial charge in [0.15, 0.2) is 0 Å². The minimum atomic E-state index is -0.657. The summed E-state index contributed by atoms with van der Waals surface area (Å²) in [6.45, 7) is 0.585. The molecule has 0 bridgehead atoms.